The van der Waals surface area contributed by atoms with Crippen LogP contribution in [0.2, 0.25) is 15.1 Å². The summed E-state index contributed by atoms with van der Waals surface area (Å²) in [6.07, 6.45) is 0. The summed E-state index contributed by atoms with van der Waals surface area (Å²) in [5, 5.41) is 9.61. The van der Waals surface area contributed by atoms with Crippen molar-refractivity contribution in [3.63, 3.8) is 0 Å². The van der Waals surface area contributed by atoms with E-state index < -0.39 is 0 Å². The van der Waals surface area contributed by atoms with Crippen LogP contribution in [0.4, 0.5) is 0 Å². The lowest BCUT2D eigenvalue weighted by Crippen LogP contribution is -1.86. The molecule has 1 heterocycles. The first-order valence-corrected chi connectivity index (χ1v) is 8.50. The molecule has 0 fully saturated rings. The maximum Gasteiger partial charge on any atom is 0.209 e. The zero-order valence-electron chi connectivity index (χ0n) is 11.2. The maximum atomic E-state index is 6.15. The van der Waals surface area contributed by atoms with Crippen molar-refractivity contribution in [3.8, 4) is 11.4 Å². The summed E-state index contributed by atoms with van der Waals surface area (Å²) in [6, 6.07) is 12.9. The van der Waals surface area contributed by atoms with Crippen LogP contribution in [0, 0.1) is 0 Å². The van der Waals surface area contributed by atoms with Gasteiger partial charge in [0.2, 0.25) is 5.16 Å². The number of thioether (sulfide) groups is 1. The maximum absolute atomic E-state index is 6.15. The normalized spacial score (nSPS) is 10.9. The van der Waals surface area contributed by atoms with Crippen LogP contribution in [0.25, 0.3) is 11.4 Å². The first-order valence-electron chi connectivity index (χ1n) is 6.38. The molecule has 0 spiro atoms. The van der Waals surface area contributed by atoms with E-state index in [1.54, 1.807) is 0 Å². The molecule has 0 aliphatic carbocycles. The third-order valence-corrected chi connectivity index (χ3v) is 4.91. The van der Waals surface area contributed by atoms with E-state index >= 15 is 0 Å². The van der Waals surface area contributed by atoms with Crippen molar-refractivity contribution in [1.82, 2.24) is 15.2 Å². The van der Waals surface area contributed by atoms with Gasteiger partial charge in [-0.3, -0.25) is 5.10 Å². The fraction of sp³-hybridized carbons (Fsp3) is 0.0667. The summed E-state index contributed by atoms with van der Waals surface area (Å²) in [6.45, 7) is 0. The highest BCUT2D eigenvalue weighted by molar-refractivity contribution is 7.98. The van der Waals surface area contributed by atoms with Gasteiger partial charge in [0.05, 0.1) is 5.02 Å². The van der Waals surface area contributed by atoms with E-state index in [1.165, 1.54) is 11.8 Å². The van der Waals surface area contributed by atoms with Crippen LogP contribution in [0.5, 0.6) is 0 Å². The van der Waals surface area contributed by atoms with Crippen LogP contribution < -0.4 is 0 Å². The van der Waals surface area contributed by atoms with Gasteiger partial charge in [-0.05, 0) is 29.8 Å². The molecule has 0 amide bonds. The SMILES string of the molecule is Clc1ccccc1-c1nc(SCc2c(Cl)cccc2Cl)n[nH]1. The van der Waals surface area contributed by atoms with Crippen LogP contribution >= 0.6 is 46.6 Å². The number of benzene rings is 2. The second-order valence-electron chi connectivity index (χ2n) is 4.44. The molecule has 0 saturated heterocycles. The summed E-state index contributed by atoms with van der Waals surface area (Å²) in [7, 11) is 0. The van der Waals surface area contributed by atoms with Crippen molar-refractivity contribution >= 4 is 46.6 Å². The van der Waals surface area contributed by atoms with Crippen molar-refractivity contribution in [2.45, 2.75) is 10.9 Å². The van der Waals surface area contributed by atoms with Gasteiger partial charge in [0.25, 0.3) is 0 Å². The van der Waals surface area contributed by atoms with E-state index in [0.29, 0.717) is 31.8 Å². The number of rotatable bonds is 4. The fourth-order valence-corrected chi connectivity index (χ4v) is 3.66. The van der Waals surface area contributed by atoms with Gasteiger partial charge < -0.3 is 0 Å². The molecule has 0 atom stereocenters. The molecule has 0 radical (unpaired) electrons. The molecule has 0 aliphatic rings. The van der Waals surface area contributed by atoms with Gasteiger partial charge in [-0.1, -0.05) is 64.8 Å². The van der Waals surface area contributed by atoms with Crippen molar-refractivity contribution < 1.29 is 0 Å². The molecule has 1 N–H and O–H groups in total. The molecule has 0 unspecified atom stereocenters. The zero-order chi connectivity index (χ0) is 15.5. The number of aromatic amines is 1. The fourth-order valence-electron chi connectivity index (χ4n) is 1.89. The number of H-pyrrole nitrogens is 1. The Morgan fingerprint density at radius 3 is 2.32 bits per heavy atom. The second kappa shape index (κ2) is 6.92. The summed E-state index contributed by atoms with van der Waals surface area (Å²) in [5.41, 5.74) is 1.69. The molecule has 0 saturated carbocycles. The smallest absolute Gasteiger partial charge is 0.209 e. The van der Waals surface area contributed by atoms with Gasteiger partial charge in [-0.15, -0.1) is 5.10 Å². The Morgan fingerprint density at radius 1 is 0.909 bits per heavy atom. The predicted molar refractivity (Wildman–Crippen MR) is 92.9 cm³/mol. The molecule has 0 aliphatic heterocycles. The molecule has 3 aromatic rings. The van der Waals surface area contributed by atoms with Gasteiger partial charge >= 0.3 is 0 Å². The van der Waals surface area contributed by atoms with Crippen molar-refractivity contribution in [2.75, 3.05) is 0 Å². The minimum Gasteiger partial charge on any atom is -0.258 e. The highest BCUT2D eigenvalue weighted by atomic mass is 35.5. The van der Waals surface area contributed by atoms with Gasteiger partial charge in [0.15, 0.2) is 5.82 Å². The van der Waals surface area contributed by atoms with Crippen LogP contribution in [0.3, 0.4) is 0 Å². The second-order valence-corrected chi connectivity index (χ2v) is 6.60. The number of nitrogens with one attached hydrogen (secondary N) is 1. The Bertz CT molecular complexity index is 784. The van der Waals surface area contributed by atoms with Crippen LogP contribution in [0.15, 0.2) is 47.6 Å². The van der Waals surface area contributed by atoms with Gasteiger partial charge in [0, 0.05) is 21.4 Å². The predicted octanol–water partition coefficient (Wildman–Crippen LogP) is 5.72. The molecular formula is C15H10Cl3N3S. The van der Waals surface area contributed by atoms with E-state index in [9.17, 15) is 0 Å². The lowest BCUT2D eigenvalue weighted by molar-refractivity contribution is 0.973. The Labute approximate surface area is 147 Å². The molecule has 1 aromatic heterocycles. The number of nitrogens with zero attached hydrogens (tertiary/aromatic N) is 2. The lowest BCUT2D eigenvalue weighted by atomic mass is 10.2. The Morgan fingerprint density at radius 2 is 1.59 bits per heavy atom. The Hall–Kier alpha value is -1.20. The molecule has 22 heavy (non-hydrogen) atoms. The molecule has 112 valence electrons. The minimum atomic E-state index is 0.596. The third kappa shape index (κ3) is 3.41. The monoisotopic (exact) mass is 369 g/mol. The summed E-state index contributed by atoms with van der Waals surface area (Å²) in [5.74, 6) is 1.23. The molecule has 2 aromatic carbocycles. The number of aromatic nitrogens is 3. The van der Waals surface area contributed by atoms with Gasteiger partial charge in [-0.2, -0.15) is 0 Å². The van der Waals surface area contributed by atoms with E-state index in [2.05, 4.69) is 15.2 Å². The highest BCUT2D eigenvalue weighted by Gasteiger charge is 2.11. The summed E-state index contributed by atoms with van der Waals surface area (Å²) < 4.78 is 0. The lowest BCUT2D eigenvalue weighted by Gasteiger charge is -2.04. The molecule has 3 rings (SSSR count). The van der Waals surface area contributed by atoms with Gasteiger partial charge in [-0.25, -0.2) is 4.98 Å². The van der Waals surface area contributed by atoms with Crippen LogP contribution in [-0.2, 0) is 5.75 Å². The Balaban J connectivity index is 1.77. The summed E-state index contributed by atoms with van der Waals surface area (Å²) in [4.78, 5) is 4.44. The first kappa shape index (κ1) is 15.7. The quantitative estimate of drug-likeness (QED) is 0.597. The molecule has 3 nitrogen and oxygen atoms in total. The molecule has 7 heteroatoms. The van der Waals surface area contributed by atoms with Crippen LogP contribution in [0.1, 0.15) is 5.56 Å². The first-order chi connectivity index (χ1) is 10.6. The van der Waals surface area contributed by atoms with E-state index in [-0.39, 0.29) is 0 Å². The van der Waals surface area contributed by atoms with Crippen molar-refractivity contribution in [1.29, 1.82) is 0 Å². The number of hydrogen-bond acceptors (Lipinski definition) is 3. The largest absolute Gasteiger partial charge is 0.258 e. The average molecular weight is 371 g/mol. The van der Waals surface area contributed by atoms with Gasteiger partial charge in [0.1, 0.15) is 0 Å². The zero-order valence-corrected chi connectivity index (χ0v) is 14.3. The van der Waals surface area contributed by atoms with E-state index in [1.807, 2.05) is 42.5 Å². The average Bonchev–Trinajstić information content (AvgIpc) is 2.96. The molecular weight excluding hydrogens is 361 g/mol. The number of halogens is 3. The Kier molecular flexibility index (Phi) is 4.93. The standard InChI is InChI=1S/C15H10Cl3N3S/c16-11-5-2-1-4-9(11)14-19-15(21-20-14)22-8-10-12(17)6-3-7-13(10)18/h1-7H,8H2,(H,19,20,21). The van der Waals surface area contributed by atoms with E-state index in [0.717, 1.165) is 11.1 Å². The van der Waals surface area contributed by atoms with Crippen LogP contribution in [-0.4, -0.2) is 15.2 Å². The topological polar surface area (TPSA) is 41.6 Å². The minimum absolute atomic E-state index is 0.596. The van der Waals surface area contributed by atoms with Crippen molar-refractivity contribution in [3.05, 3.63) is 63.1 Å². The molecule has 0 bridgehead atoms. The highest BCUT2D eigenvalue weighted by Crippen LogP contribution is 2.31. The number of hydrogen-bond donors (Lipinski definition) is 1. The van der Waals surface area contributed by atoms with Crippen molar-refractivity contribution in [2.24, 2.45) is 0 Å². The third-order valence-electron chi connectivity index (χ3n) is 3.00. The van der Waals surface area contributed by atoms with E-state index in [4.69, 9.17) is 34.8 Å². The summed E-state index contributed by atoms with van der Waals surface area (Å²) >= 11 is 19.9.